The molecule has 2 aliphatic rings. The minimum absolute atomic E-state index is 0.0287. The Kier molecular flexibility index (Phi) is 5.61. The number of rotatable bonds is 4. The highest BCUT2D eigenvalue weighted by Crippen LogP contribution is 2.30. The van der Waals surface area contributed by atoms with Crippen LogP contribution in [0.3, 0.4) is 0 Å². The van der Waals surface area contributed by atoms with Gasteiger partial charge in [-0.05, 0) is 25.0 Å². The smallest absolute Gasteiger partial charge is 0.230 e. The number of nitrogens with zero attached hydrogens (tertiary/aromatic N) is 1. The summed E-state index contributed by atoms with van der Waals surface area (Å²) in [6.45, 7) is 2.90. The lowest BCUT2D eigenvalue weighted by molar-refractivity contribution is -0.119. The van der Waals surface area contributed by atoms with Crippen LogP contribution in [-0.2, 0) is 4.79 Å². The number of thioether (sulfide) groups is 1. The van der Waals surface area contributed by atoms with Crippen LogP contribution >= 0.6 is 24.0 Å². The summed E-state index contributed by atoms with van der Waals surface area (Å²) < 4.78 is 12.3. The standard InChI is InChI=1S/C16H20N2O3S2/c19-15(11-23-16(22)18-7-3-4-8-18)17-9-12-10-20-13-5-1-2-6-14(13)21-12/h1-2,5-6,12H,3-4,7-11H2,(H,17,19)/t12-/m0/s1. The number of amides is 1. The third kappa shape index (κ3) is 4.51. The molecule has 0 bridgehead atoms. The van der Waals surface area contributed by atoms with E-state index in [2.05, 4.69) is 10.2 Å². The van der Waals surface area contributed by atoms with Crippen LogP contribution in [0.4, 0.5) is 0 Å². The summed E-state index contributed by atoms with van der Waals surface area (Å²) in [5, 5.41) is 2.89. The fraction of sp³-hybridized carbons (Fsp3) is 0.500. The molecule has 3 rings (SSSR count). The van der Waals surface area contributed by atoms with Gasteiger partial charge in [-0.2, -0.15) is 0 Å². The maximum absolute atomic E-state index is 11.9. The molecular formula is C16H20N2O3S2. The molecule has 2 aliphatic heterocycles. The molecule has 1 amide bonds. The molecule has 1 aromatic rings. The molecule has 0 unspecified atom stereocenters. The van der Waals surface area contributed by atoms with Gasteiger partial charge in [-0.1, -0.05) is 36.1 Å². The van der Waals surface area contributed by atoms with Gasteiger partial charge in [0.2, 0.25) is 5.91 Å². The average molecular weight is 352 g/mol. The van der Waals surface area contributed by atoms with Crippen LogP contribution < -0.4 is 14.8 Å². The zero-order chi connectivity index (χ0) is 16.1. The van der Waals surface area contributed by atoms with Gasteiger partial charge in [-0.3, -0.25) is 4.79 Å². The second kappa shape index (κ2) is 7.88. The zero-order valence-corrected chi connectivity index (χ0v) is 14.5. The molecule has 1 saturated heterocycles. The lowest BCUT2D eigenvalue weighted by atomic mass is 10.2. The number of thiocarbonyl (C=S) groups is 1. The maximum atomic E-state index is 11.9. The van der Waals surface area contributed by atoms with E-state index in [1.165, 1.54) is 24.6 Å². The van der Waals surface area contributed by atoms with Crippen LogP contribution in [0.15, 0.2) is 24.3 Å². The average Bonchev–Trinajstić information content (AvgIpc) is 3.12. The van der Waals surface area contributed by atoms with E-state index in [-0.39, 0.29) is 12.0 Å². The number of para-hydroxylation sites is 2. The van der Waals surface area contributed by atoms with Gasteiger partial charge in [0.25, 0.3) is 0 Å². The first-order valence-electron chi connectivity index (χ1n) is 7.79. The predicted octanol–water partition coefficient (Wildman–Crippen LogP) is 2.06. The highest BCUT2D eigenvalue weighted by Gasteiger charge is 2.21. The minimum atomic E-state index is -0.163. The van der Waals surface area contributed by atoms with Gasteiger partial charge in [-0.15, -0.1) is 0 Å². The number of carbonyl (C=O) groups is 1. The second-order valence-corrected chi connectivity index (χ2v) is 7.16. The number of benzene rings is 1. The number of nitrogens with one attached hydrogen (secondary N) is 1. The summed E-state index contributed by atoms with van der Waals surface area (Å²) >= 11 is 6.78. The Hall–Kier alpha value is -1.47. The first kappa shape index (κ1) is 16.4. The van der Waals surface area contributed by atoms with Crippen molar-refractivity contribution in [2.45, 2.75) is 18.9 Å². The molecule has 23 heavy (non-hydrogen) atoms. The topological polar surface area (TPSA) is 50.8 Å². The molecule has 2 heterocycles. The van der Waals surface area contributed by atoms with Crippen molar-refractivity contribution in [1.29, 1.82) is 0 Å². The highest BCUT2D eigenvalue weighted by molar-refractivity contribution is 8.23. The second-order valence-electron chi connectivity index (χ2n) is 5.55. The van der Waals surface area contributed by atoms with E-state index in [0.29, 0.717) is 18.9 Å². The molecule has 5 nitrogen and oxygen atoms in total. The summed E-state index contributed by atoms with van der Waals surface area (Å²) in [5.74, 6) is 1.79. The highest BCUT2D eigenvalue weighted by atomic mass is 32.2. The molecule has 1 N–H and O–H groups in total. The Balaban J connectivity index is 1.37. The summed E-state index contributed by atoms with van der Waals surface area (Å²) in [6, 6.07) is 7.55. The predicted molar refractivity (Wildman–Crippen MR) is 95.2 cm³/mol. The van der Waals surface area contributed by atoms with Crippen LogP contribution in [0.5, 0.6) is 11.5 Å². The van der Waals surface area contributed by atoms with Crippen molar-refractivity contribution in [1.82, 2.24) is 10.2 Å². The van der Waals surface area contributed by atoms with Gasteiger partial charge in [0.05, 0.1) is 12.3 Å². The number of hydrogen-bond donors (Lipinski definition) is 1. The molecule has 0 aromatic heterocycles. The maximum Gasteiger partial charge on any atom is 0.230 e. The zero-order valence-electron chi connectivity index (χ0n) is 12.8. The van der Waals surface area contributed by atoms with Crippen molar-refractivity contribution >= 4 is 34.2 Å². The molecule has 0 saturated carbocycles. The SMILES string of the molecule is O=C(CSC(=S)N1CCCC1)NC[C@H]1COc2ccccc2O1. The molecule has 1 atom stereocenters. The van der Waals surface area contributed by atoms with Crippen molar-refractivity contribution < 1.29 is 14.3 Å². The molecular weight excluding hydrogens is 332 g/mol. The van der Waals surface area contributed by atoms with Crippen molar-refractivity contribution in [3.8, 4) is 11.5 Å². The third-order valence-corrected chi connectivity index (χ3v) is 5.31. The summed E-state index contributed by atoms with van der Waals surface area (Å²) in [6.07, 6.45) is 2.21. The molecule has 0 aliphatic carbocycles. The van der Waals surface area contributed by atoms with Crippen molar-refractivity contribution in [2.24, 2.45) is 0 Å². The van der Waals surface area contributed by atoms with Gasteiger partial charge in [0.15, 0.2) is 11.5 Å². The fourth-order valence-corrected chi connectivity index (χ4v) is 3.64. The Labute approximate surface area is 145 Å². The van der Waals surface area contributed by atoms with Gasteiger partial charge < -0.3 is 19.7 Å². The Morgan fingerprint density at radius 3 is 2.83 bits per heavy atom. The summed E-state index contributed by atoms with van der Waals surface area (Å²) in [7, 11) is 0. The van der Waals surface area contributed by atoms with E-state index in [0.717, 1.165) is 28.9 Å². The molecule has 124 valence electrons. The normalized spacial score (nSPS) is 19.5. The van der Waals surface area contributed by atoms with Gasteiger partial charge in [0.1, 0.15) is 17.0 Å². The summed E-state index contributed by atoms with van der Waals surface area (Å²) in [4.78, 5) is 14.1. The van der Waals surface area contributed by atoms with E-state index >= 15 is 0 Å². The van der Waals surface area contributed by atoms with Crippen LogP contribution in [0.2, 0.25) is 0 Å². The van der Waals surface area contributed by atoms with Crippen LogP contribution in [0, 0.1) is 0 Å². The van der Waals surface area contributed by atoms with Crippen LogP contribution in [0.1, 0.15) is 12.8 Å². The van der Waals surface area contributed by atoms with Crippen molar-refractivity contribution in [2.75, 3.05) is 32.0 Å². The van der Waals surface area contributed by atoms with E-state index in [1.807, 2.05) is 24.3 Å². The molecule has 0 radical (unpaired) electrons. The van der Waals surface area contributed by atoms with E-state index < -0.39 is 0 Å². The number of carbonyl (C=O) groups excluding carboxylic acids is 1. The van der Waals surface area contributed by atoms with E-state index in [4.69, 9.17) is 21.7 Å². The van der Waals surface area contributed by atoms with Gasteiger partial charge >= 0.3 is 0 Å². The largest absolute Gasteiger partial charge is 0.486 e. The van der Waals surface area contributed by atoms with Gasteiger partial charge in [-0.25, -0.2) is 0 Å². The Bertz CT molecular complexity index is 576. The Morgan fingerprint density at radius 1 is 1.30 bits per heavy atom. The minimum Gasteiger partial charge on any atom is -0.486 e. The molecule has 1 fully saturated rings. The molecule has 1 aromatic carbocycles. The van der Waals surface area contributed by atoms with Crippen molar-refractivity contribution in [3.05, 3.63) is 24.3 Å². The van der Waals surface area contributed by atoms with Gasteiger partial charge in [0, 0.05) is 13.1 Å². The van der Waals surface area contributed by atoms with Crippen LogP contribution in [0.25, 0.3) is 0 Å². The number of hydrogen-bond acceptors (Lipinski definition) is 5. The monoisotopic (exact) mass is 352 g/mol. The lowest BCUT2D eigenvalue weighted by Crippen LogP contribution is -2.41. The van der Waals surface area contributed by atoms with E-state index in [9.17, 15) is 4.79 Å². The Morgan fingerprint density at radius 2 is 2.04 bits per heavy atom. The first-order valence-corrected chi connectivity index (χ1v) is 9.18. The number of likely N-dealkylation sites (tertiary alicyclic amines) is 1. The summed E-state index contributed by atoms with van der Waals surface area (Å²) in [5.41, 5.74) is 0. The quantitative estimate of drug-likeness (QED) is 0.837. The van der Waals surface area contributed by atoms with E-state index in [1.54, 1.807) is 0 Å². The fourth-order valence-electron chi connectivity index (χ4n) is 2.56. The number of ether oxygens (including phenoxy) is 2. The molecule has 7 heteroatoms. The third-order valence-electron chi connectivity index (χ3n) is 3.79. The van der Waals surface area contributed by atoms with Crippen molar-refractivity contribution in [3.63, 3.8) is 0 Å². The lowest BCUT2D eigenvalue weighted by Gasteiger charge is -2.26. The van der Waals surface area contributed by atoms with Crippen LogP contribution in [-0.4, -0.2) is 53.2 Å². The molecule has 0 spiro atoms. The number of fused-ring (bicyclic) bond motifs is 1. The first-order chi connectivity index (χ1) is 11.2.